The summed E-state index contributed by atoms with van der Waals surface area (Å²) >= 11 is 0. The molecule has 1 amide bonds. The number of alkyl halides is 3. The molecular weight excluding hydrogens is 493 g/mol. The number of hydrogen-bond acceptors (Lipinski definition) is 6. The first-order valence-corrected chi connectivity index (χ1v) is 13.7. The maximum Gasteiger partial charge on any atom is 0.414 e. The van der Waals surface area contributed by atoms with E-state index in [-0.39, 0.29) is 48.3 Å². The SMILES string of the molecule is CN(C(=O)CN1CCS(=O)(=O)CC1)[C@@H](c1ccc(N[C@H]2Cc3ccccc3C2(C)C)cn1)C(F)(F)F. The van der Waals surface area contributed by atoms with Gasteiger partial charge in [-0.25, -0.2) is 8.42 Å². The fraction of sp³-hybridized carbons (Fsp3) is 0.520. The highest BCUT2D eigenvalue weighted by Gasteiger charge is 2.46. The molecule has 2 atom stereocenters. The van der Waals surface area contributed by atoms with E-state index < -0.39 is 28.0 Å². The van der Waals surface area contributed by atoms with E-state index in [2.05, 4.69) is 36.3 Å². The van der Waals surface area contributed by atoms with Crippen LogP contribution in [-0.2, 0) is 26.5 Å². The number of nitrogens with one attached hydrogen (secondary N) is 1. The van der Waals surface area contributed by atoms with Crippen molar-refractivity contribution in [3.63, 3.8) is 0 Å². The lowest BCUT2D eigenvalue weighted by Gasteiger charge is -2.33. The molecule has 2 aromatic rings. The third-order valence-corrected chi connectivity index (χ3v) is 8.91. The van der Waals surface area contributed by atoms with Crippen LogP contribution in [0, 0.1) is 0 Å². The maximum atomic E-state index is 14.0. The van der Waals surface area contributed by atoms with Gasteiger partial charge in [0.2, 0.25) is 5.91 Å². The largest absolute Gasteiger partial charge is 0.414 e. The number of likely N-dealkylation sites (N-methyl/N-ethyl adjacent to an activating group) is 1. The Labute approximate surface area is 209 Å². The van der Waals surface area contributed by atoms with Crippen LogP contribution in [0.3, 0.4) is 0 Å². The lowest BCUT2D eigenvalue weighted by molar-refractivity contribution is -0.190. The molecule has 1 aromatic heterocycles. The summed E-state index contributed by atoms with van der Waals surface area (Å²) in [7, 11) is -2.05. The van der Waals surface area contributed by atoms with Crippen molar-refractivity contribution in [2.75, 3.05) is 43.5 Å². The van der Waals surface area contributed by atoms with Crippen LogP contribution in [0.4, 0.5) is 18.9 Å². The van der Waals surface area contributed by atoms with Gasteiger partial charge in [-0.05, 0) is 29.7 Å². The van der Waals surface area contributed by atoms with E-state index in [1.54, 1.807) is 11.0 Å². The van der Waals surface area contributed by atoms with Crippen LogP contribution >= 0.6 is 0 Å². The molecule has 1 aromatic carbocycles. The number of halogens is 3. The number of nitrogens with zero attached hydrogens (tertiary/aromatic N) is 3. The van der Waals surface area contributed by atoms with Crippen molar-refractivity contribution in [1.29, 1.82) is 0 Å². The van der Waals surface area contributed by atoms with Crippen molar-refractivity contribution < 1.29 is 26.4 Å². The molecule has 2 aliphatic rings. The quantitative estimate of drug-likeness (QED) is 0.625. The molecule has 0 spiro atoms. The van der Waals surface area contributed by atoms with Crippen LogP contribution in [0.1, 0.15) is 36.7 Å². The molecule has 196 valence electrons. The van der Waals surface area contributed by atoms with Crippen LogP contribution in [0.2, 0.25) is 0 Å². The van der Waals surface area contributed by atoms with E-state index >= 15 is 0 Å². The third-order valence-electron chi connectivity index (χ3n) is 7.30. The highest BCUT2D eigenvalue weighted by molar-refractivity contribution is 7.91. The first-order valence-electron chi connectivity index (χ1n) is 11.8. The first-order chi connectivity index (χ1) is 16.8. The van der Waals surface area contributed by atoms with E-state index in [4.69, 9.17) is 0 Å². The fourth-order valence-corrected chi connectivity index (χ4v) is 6.29. The van der Waals surface area contributed by atoms with Crippen molar-refractivity contribution >= 4 is 21.4 Å². The number of carbonyl (C=O) groups is 1. The number of carbonyl (C=O) groups excluding carboxylic acids is 1. The molecule has 36 heavy (non-hydrogen) atoms. The summed E-state index contributed by atoms with van der Waals surface area (Å²) in [6.07, 6.45) is -2.56. The van der Waals surface area contributed by atoms with E-state index in [0.717, 1.165) is 13.5 Å². The highest BCUT2D eigenvalue weighted by Crippen LogP contribution is 2.40. The third kappa shape index (κ3) is 5.51. The zero-order valence-corrected chi connectivity index (χ0v) is 21.4. The summed E-state index contributed by atoms with van der Waals surface area (Å²) in [4.78, 5) is 19.0. The van der Waals surface area contributed by atoms with Gasteiger partial charge in [-0.3, -0.25) is 14.7 Å². The van der Waals surface area contributed by atoms with Gasteiger partial charge in [0.15, 0.2) is 15.9 Å². The zero-order valence-electron chi connectivity index (χ0n) is 20.5. The second kappa shape index (κ2) is 9.66. The zero-order chi connectivity index (χ0) is 26.3. The molecule has 0 bridgehead atoms. The normalized spacial score (nSPS) is 22.0. The molecule has 7 nitrogen and oxygen atoms in total. The van der Waals surface area contributed by atoms with Crippen molar-refractivity contribution in [2.45, 2.75) is 43.9 Å². The topological polar surface area (TPSA) is 82.6 Å². The Bertz CT molecular complexity index is 1200. The molecule has 1 N–H and O–H groups in total. The van der Waals surface area contributed by atoms with Gasteiger partial charge < -0.3 is 10.2 Å². The molecule has 1 fully saturated rings. The Hall–Kier alpha value is -2.66. The van der Waals surface area contributed by atoms with E-state index in [0.29, 0.717) is 10.6 Å². The Balaban J connectivity index is 1.46. The predicted octanol–water partition coefficient (Wildman–Crippen LogP) is 3.19. The summed E-state index contributed by atoms with van der Waals surface area (Å²) in [6, 6.07) is 8.89. The van der Waals surface area contributed by atoms with Crippen LogP contribution < -0.4 is 5.32 Å². The minimum Gasteiger partial charge on any atom is -0.380 e. The number of hydrogen-bond donors (Lipinski definition) is 1. The molecule has 1 aliphatic carbocycles. The number of sulfone groups is 1. The van der Waals surface area contributed by atoms with Gasteiger partial charge in [0.05, 0.1) is 35.6 Å². The summed E-state index contributed by atoms with van der Waals surface area (Å²) in [5.74, 6) is -0.955. The van der Waals surface area contributed by atoms with Crippen molar-refractivity contribution in [2.24, 2.45) is 0 Å². The van der Waals surface area contributed by atoms with Gasteiger partial charge >= 0.3 is 6.18 Å². The molecule has 2 heterocycles. The summed E-state index contributed by atoms with van der Waals surface area (Å²) in [6.45, 7) is 4.24. The second-order valence-corrected chi connectivity index (χ2v) is 12.4. The van der Waals surface area contributed by atoms with Crippen LogP contribution in [0.15, 0.2) is 42.6 Å². The Morgan fingerprint density at radius 2 is 1.86 bits per heavy atom. The lowest BCUT2D eigenvalue weighted by atomic mass is 9.83. The van der Waals surface area contributed by atoms with Gasteiger partial charge in [0.25, 0.3) is 0 Å². The van der Waals surface area contributed by atoms with Crippen LogP contribution in [-0.4, -0.2) is 79.5 Å². The average Bonchev–Trinajstić information content (AvgIpc) is 3.05. The summed E-state index contributed by atoms with van der Waals surface area (Å²) in [5.41, 5.74) is 2.65. The van der Waals surface area contributed by atoms with Gasteiger partial charge in [-0.1, -0.05) is 38.1 Å². The van der Waals surface area contributed by atoms with Crippen molar-refractivity contribution in [1.82, 2.24) is 14.8 Å². The summed E-state index contributed by atoms with van der Waals surface area (Å²) < 4.78 is 65.3. The fourth-order valence-electron chi connectivity index (χ4n) is 5.02. The van der Waals surface area contributed by atoms with Gasteiger partial charge in [-0.15, -0.1) is 0 Å². The van der Waals surface area contributed by atoms with Crippen LogP contribution in [0.5, 0.6) is 0 Å². The van der Waals surface area contributed by atoms with Crippen molar-refractivity contribution in [3.05, 3.63) is 59.4 Å². The van der Waals surface area contributed by atoms with E-state index in [9.17, 15) is 26.4 Å². The minimum atomic E-state index is -4.73. The molecular formula is C25H31F3N4O3S. The van der Waals surface area contributed by atoms with Crippen molar-refractivity contribution in [3.8, 4) is 0 Å². The first kappa shape index (κ1) is 26.4. The number of anilines is 1. The lowest BCUT2D eigenvalue weighted by Crippen LogP contribution is -2.48. The Kier molecular flexibility index (Phi) is 7.09. The Morgan fingerprint density at radius 1 is 1.19 bits per heavy atom. The highest BCUT2D eigenvalue weighted by atomic mass is 32.2. The van der Waals surface area contributed by atoms with E-state index in [1.807, 2.05) is 12.1 Å². The molecule has 0 unspecified atom stereocenters. The average molecular weight is 525 g/mol. The predicted molar refractivity (Wildman–Crippen MR) is 131 cm³/mol. The van der Waals surface area contributed by atoms with E-state index in [1.165, 1.54) is 23.4 Å². The van der Waals surface area contributed by atoms with Crippen LogP contribution in [0.25, 0.3) is 0 Å². The number of rotatable bonds is 6. The smallest absolute Gasteiger partial charge is 0.380 e. The number of fused-ring (bicyclic) bond motifs is 1. The number of amides is 1. The Morgan fingerprint density at radius 3 is 2.44 bits per heavy atom. The minimum absolute atomic E-state index is 0.0542. The number of aromatic nitrogens is 1. The summed E-state index contributed by atoms with van der Waals surface area (Å²) in [5, 5.41) is 3.42. The molecule has 1 aliphatic heterocycles. The molecule has 0 radical (unpaired) electrons. The molecule has 11 heteroatoms. The standard InChI is InChI=1S/C25H31F3N4O3S/c1-24(2)19-7-5-4-6-17(19)14-21(24)30-18-8-9-20(29-15-18)23(25(26,27)28)31(3)22(33)16-32-10-12-36(34,35)13-11-32/h4-9,15,21,23,30H,10-14,16H2,1-3H3/t21-,23-/m0/s1. The van der Waals surface area contributed by atoms with Gasteiger partial charge in [0.1, 0.15) is 0 Å². The molecule has 0 saturated carbocycles. The molecule has 4 rings (SSSR count). The molecule has 1 saturated heterocycles. The monoisotopic (exact) mass is 524 g/mol. The van der Waals surface area contributed by atoms with Gasteiger partial charge in [0, 0.05) is 31.6 Å². The van der Waals surface area contributed by atoms with Gasteiger partial charge in [-0.2, -0.15) is 13.2 Å². The number of benzene rings is 1. The maximum absolute atomic E-state index is 14.0. The number of pyridine rings is 1. The second-order valence-electron chi connectivity index (χ2n) is 10.1.